The molecule has 0 saturated heterocycles. The Labute approximate surface area is 197 Å². The van der Waals surface area contributed by atoms with E-state index in [-0.39, 0.29) is 0 Å². The van der Waals surface area contributed by atoms with E-state index in [1.54, 1.807) is 6.07 Å². The third-order valence-electron chi connectivity index (χ3n) is 6.28. The summed E-state index contributed by atoms with van der Waals surface area (Å²) in [4.78, 5) is 4.76. The Balaban J connectivity index is 1.45. The van der Waals surface area contributed by atoms with Crippen molar-refractivity contribution >= 4 is 28.3 Å². The quantitative estimate of drug-likeness (QED) is 0.192. The Morgan fingerprint density at radius 3 is 2.45 bits per heavy atom. The number of alkyl halides is 3. The fourth-order valence-corrected chi connectivity index (χ4v) is 4.83. The summed E-state index contributed by atoms with van der Waals surface area (Å²) >= 11 is 2.31. The van der Waals surface area contributed by atoms with Gasteiger partial charge in [0.25, 0.3) is 0 Å². The lowest BCUT2D eigenvalue weighted by atomic mass is 9.77. The number of benzene rings is 2. The summed E-state index contributed by atoms with van der Waals surface area (Å²) < 4.78 is 39.9. The van der Waals surface area contributed by atoms with Gasteiger partial charge in [-0.1, -0.05) is 42.5 Å². The summed E-state index contributed by atoms with van der Waals surface area (Å²) in [6.07, 6.45) is 1.82. The molecule has 31 heavy (non-hydrogen) atoms. The van der Waals surface area contributed by atoms with Gasteiger partial charge in [0.2, 0.25) is 0 Å². The lowest BCUT2D eigenvalue weighted by Gasteiger charge is -2.29. The molecule has 166 valence electrons. The Morgan fingerprint density at radius 2 is 1.77 bits per heavy atom. The zero-order chi connectivity index (χ0) is 22.4. The molecule has 3 rings (SSSR count). The van der Waals surface area contributed by atoms with Crippen molar-refractivity contribution in [2.24, 2.45) is 16.8 Å². The second kappa shape index (κ2) is 10.8. The van der Waals surface area contributed by atoms with E-state index in [0.717, 1.165) is 55.0 Å². The highest BCUT2D eigenvalue weighted by Crippen LogP contribution is 2.35. The molecule has 1 aliphatic carbocycles. The van der Waals surface area contributed by atoms with Crippen LogP contribution in [-0.4, -0.2) is 12.3 Å². The van der Waals surface area contributed by atoms with Gasteiger partial charge in [-0.15, -0.1) is 0 Å². The molecule has 0 bridgehead atoms. The molecule has 5 heteroatoms. The maximum atomic E-state index is 12.9. The van der Waals surface area contributed by atoms with Crippen molar-refractivity contribution in [3.63, 3.8) is 0 Å². The van der Waals surface area contributed by atoms with Gasteiger partial charge in [-0.25, -0.2) is 0 Å². The summed E-state index contributed by atoms with van der Waals surface area (Å²) in [5, 5.41) is 0. The van der Waals surface area contributed by atoms with E-state index < -0.39 is 11.7 Å². The maximum absolute atomic E-state index is 12.9. The number of rotatable bonds is 7. The Bertz CT molecular complexity index is 924. The Kier molecular flexibility index (Phi) is 8.36. The first-order valence-electron chi connectivity index (χ1n) is 10.8. The van der Waals surface area contributed by atoms with Crippen molar-refractivity contribution in [2.45, 2.75) is 51.6 Å². The molecular weight excluding hydrogens is 510 g/mol. The molecule has 0 unspecified atom stereocenters. The van der Waals surface area contributed by atoms with Crippen molar-refractivity contribution in [3.05, 3.63) is 80.9 Å². The topological polar surface area (TPSA) is 12.4 Å². The minimum atomic E-state index is -4.27. The SMILES string of the molecule is C=C(CN=C(C)c1cccc(I)c1)C1CCC(CCc2cccc(C(F)(F)F)c2)CC1. The van der Waals surface area contributed by atoms with Gasteiger partial charge in [0.15, 0.2) is 0 Å². The molecule has 1 nitrogen and oxygen atoms in total. The number of aliphatic imine (C=N–C) groups is 1. The molecule has 0 N–H and O–H groups in total. The van der Waals surface area contributed by atoms with Crippen LogP contribution in [0.2, 0.25) is 0 Å². The average Bonchev–Trinajstić information content (AvgIpc) is 2.76. The first-order valence-corrected chi connectivity index (χ1v) is 11.9. The Hall–Kier alpha value is -1.63. The first kappa shape index (κ1) is 24.0. The third kappa shape index (κ3) is 7.19. The zero-order valence-electron chi connectivity index (χ0n) is 17.9. The predicted molar refractivity (Wildman–Crippen MR) is 131 cm³/mol. The van der Waals surface area contributed by atoms with E-state index in [2.05, 4.69) is 47.4 Å². The molecule has 2 aromatic carbocycles. The van der Waals surface area contributed by atoms with Crippen LogP contribution in [0.1, 0.15) is 55.7 Å². The van der Waals surface area contributed by atoms with Crippen molar-refractivity contribution in [3.8, 4) is 0 Å². The van der Waals surface area contributed by atoms with Gasteiger partial charge < -0.3 is 0 Å². The molecular formula is C26H29F3IN. The summed E-state index contributed by atoms with van der Waals surface area (Å²) in [7, 11) is 0. The number of hydrogen-bond donors (Lipinski definition) is 0. The van der Waals surface area contributed by atoms with Gasteiger partial charge in [-0.3, -0.25) is 4.99 Å². The smallest absolute Gasteiger partial charge is 0.285 e. The summed E-state index contributed by atoms with van der Waals surface area (Å²) in [5.74, 6) is 1.08. The van der Waals surface area contributed by atoms with E-state index >= 15 is 0 Å². The van der Waals surface area contributed by atoms with Gasteiger partial charge in [-0.05, 0) is 109 Å². The molecule has 2 aromatic rings. The monoisotopic (exact) mass is 539 g/mol. The summed E-state index contributed by atoms with van der Waals surface area (Å²) in [6.45, 7) is 7.01. The highest BCUT2D eigenvalue weighted by Gasteiger charge is 2.30. The molecule has 0 radical (unpaired) electrons. The molecule has 1 fully saturated rings. The summed E-state index contributed by atoms with van der Waals surface area (Å²) in [6, 6.07) is 14.1. The zero-order valence-corrected chi connectivity index (χ0v) is 20.0. The van der Waals surface area contributed by atoms with Crippen molar-refractivity contribution in [1.82, 2.24) is 0 Å². The molecule has 0 amide bonds. The van der Waals surface area contributed by atoms with Crippen LogP contribution in [0.25, 0.3) is 0 Å². The van der Waals surface area contributed by atoms with Crippen LogP contribution in [0.3, 0.4) is 0 Å². The van der Waals surface area contributed by atoms with Crippen LogP contribution in [0.15, 0.2) is 65.7 Å². The van der Waals surface area contributed by atoms with E-state index in [0.29, 0.717) is 24.8 Å². The van der Waals surface area contributed by atoms with E-state index in [1.165, 1.54) is 21.3 Å². The largest absolute Gasteiger partial charge is 0.416 e. The van der Waals surface area contributed by atoms with Gasteiger partial charge in [0.05, 0.1) is 12.1 Å². The molecule has 0 aliphatic heterocycles. The predicted octanol–water partition coefficient (Wildman–Crippen LogP) is 8.11. The minimum Gasteiger partial charge on any atom is -0.285 e. The maximum Gasteiger partial charge on any atom is 0.416 e. The standard InChI is InChI=1S/C26H29F3IN/c1-18(17-31-19(2)23-6-4-8-25(30)16-23)22-13-11-20(12-14-22)9-10-21-5-3-7-24(15-21)26(27,28)29/h3-8,15-16,20,22H,1,9-14,17H2,2H3. The summed E-state index contributed by atoms with van der Waals surface area (Å²) in [5.41, 5.74) is 3.61. The minimum absolute atomic E-state index is 0.497. The van der Waals surface area contributed by atoms with Crippen LogP contribution in [0, 0.1) is 15.4 Å². The van der Waals surface area contributed by atoms with Gasteiger partial charge in [0.1, 0.15) is 0 Å². The molecule has 0 spiro atoms. The highest BCUT2D eigenvalue weighted by molar-refractivity contribution is 14.1. The van der Waals surface area contributed by atoms with Crippen molar-refractivity contribution in [1.29, 1.82) is 0 Å². The second-order valence-electron chi connectivity index (χ2n) is 8.52. The van der Waals surface area contributed by atoms with Gasteiger partial charge in [0, 0.05) is 9.28 Å². The highest BCUT2D eigenvalue weighted by atomic mass is 127. The van der Waals surface area contributed by atoms with E-state index in [9.17, 15) is 13.2 Å². The molecule has 1 saturated carbocycles. The van der Waals surface area contributed by atoms with Gasteiger partial charge >= 0.3 is 6.18 Å². The van der Waals surface area contributed by atoms with Crippen LogP contribution in [-0.2, 0) is 12.6 Å². The van der Waals surface area contributed by atoms with Crippen molar-refractivity contribution in [2.75, 3.05) is 6.54 Å². The molecule has 0 atom stereocenters. The number of halogens is 4. The number of nitrogens with zero attached hydrogens (tertiary/aromatic N) is 1. The van der Waals surface area contributed by atoms with Crippen LogP contribution >= 0.6 is 22.6 Å². The first-order chi connectivity index (χ1) is 14.7. The number of aryl methyl sites for hydroxylation is 1. The van der Waals surface area contributed by atoms with E-state index in [1.807, 2.05) is 13.0 Å². The third-order valence-corrected chi connectivity index (χ3v) is 6.95. The lowest BCUT2D eigenvalue weighted by Crippen LogP contribution is -2.18. The molecule has 0 heterocycles. The average molecular weight is 539 g/mol. The molecule has 1 aliphatic rings. The molecule has 0 aromatic heterocycles. The van der Waals surface area contributed by atoms with Crippen LogP contribution in [0.4, 0.5) is 13.2 Å². The number of hydrogen-bond acceptors (Lipinski definition) is 1. The normalized spacial score (nSPS) is 20.0. The lowest BCUT2D eigenvalue weighted by molar-refractivity contribution is -0.137. The van der Waals surface area contributed by atoms with Crippen LogP contribution < -0.4 is 0 Å². The second-order valence-corrected chi connectivity index (χ2v) is 9.77. The van der Waals surface area contributed by atoms with Crippen molar-refractivity contribution < 1.29 is 13.2 Å². The fourth-order valence-electron chi connectivity index (χ4n) is 4.29. The van der Waals surface area contributed by atoms with Crippen LogP contribution in [0.5, 0.6) is 0 Å². The van der Waals surface area contributed by atoms with E-state index in [4.69, 9.17) is 4.99 Å². The fraction of sp³-hybridized carbons (Fsp3) is 0.423. The van der Waals surface area contributed by atoms with Gasteiger partial charge in [-0.2, -0.15) is 13.2 Å². The Morgan fingerprint density at radius 1 is 1.06 bits per heavy atom.